The molecule has 0 spiro atoms. The van der Waals surface area contributed by atoms with Crippen molar-refractivity contribution < 1.29 is 5.11 Å². The minimum absolute atomic E-state index is 0.249. The maximum absolute atomic E-state index is 10.2. The average Bonchev–Trinajstić information content (AvgIpc) is 2.80. The smallest absolute Gasteiger partial charge is 0.144 e. The van der Waals surface area contributed by atoms with Crippen molar-refractivity contribution >= 4 is 22.6 Å². The van der Waals surface area contributed by atoms with E-state index in [1.165, 1.54) is 0 Å². The molecule has 1 N–H and O–H groups in total. The molecule has 3 rings (SSSR count). The van der Waals surface area contributed by atoms with E-state index in [2.05, 4.69) is 16.5 Å². The van der Waals surface area contributed by atoms with Gasteiger partial charge in [-0.15, -0.1) is 0 Å². The quantitative estimate of drug-likeness (QED) is 0.756. The van der Waals surface area contributed by atoms with Crippen LogP contribution in [0.1, 0.15) is 18.9 Å². The van der Waals surface area contributed by atoms with Gasteiger partial charge in [0, 0.05) is 11.6 Å². The second-order valence-electron chi connectivity index (χ2n) is 5.24. The number of halogens is 1. The van der Waals surface area contributed by atoms with Gasteiger partial charge in [0.25, 0.3) is 0 Å². The molecule has 1 heterocycles. The molecule has 0 radical (unpaired) electrons. The van der Waals surface area contributed by atoms with E-state index in [4.69, 9.17) is 11.6 Å². The van der Waals surface area contributed by atoms with E-state index in [1.807, 2.05) is 37.3 Å². The molecule has 0 unspecified atom stereocenters. The first-order valence-corrected chi connectivity index (χ1v) is 7.43. The summed E-state index contributed by atoms with van der Waals surface area (Å²) < 4.78 is 2.12. The number of hydrogen-bond acceptors (Lipinski definition) is 2. The van der Waals surface area contributed by atoms with Crippen LogP contribution in [0, 0.1) is 6.92 Å². The number of aryl methyl sites for hydroxylation is 2. The van der Waals surface area contributed by atoms with E-state index in [-0.39, 0.29) is 5.75 Å². The van der Waals surface area contributed by atoms with Crippen molar-refractivity contribution in [2.45, 2.75) is 26.8 Å². The Kier molecular flexibility index (Phi) is 3.60. The van der Waals surface area contributed by atoms with Crippen molar-refractivity contribution in [1.29, 1.82) is 0 Å². The zero-order valence-electron chi connectivity index (χ0n) is 12.1. The molecule has 0 aliphatic carbocycles. The van der Waals surface area contributed by atoms with Gasteiger partial charge >= 0.3 is 0 Å². The van der Waals surface area contributed by atoms with Gasteiger partial charge in [0.2, 0.25) is 0 Å². The first kappa shape index (κ1) is 14.0. The minimum atomic E-state index is 0.249. The predicted octanol–water partition coefficient (Wildman–Crippen LogP) is 4.78. The van der Waals surface area contributed by atoms with Gasteiger partial charge in [0.1, 0.15) is 11.6 Å². The molecular formula is C17H17ClN2O. The predicted molar refractivity (Wildman–Crippen MR) is 86.9 cm³/mol. The van der Waals surface area contributed by atoms with Gasteiger partial charge < -0.3 is 9.67 Å². The maximum Gasteiger partial charge on any atom is 0.144 e. The Morgan fingerprint density at radius 1 is 1.19 bits per heavy atom. The molecule has 108 valence electrons. The SMILES string of the molecule is CCCn1c(-c2cc(C)ccc2O)nc2ccc(Cl)cc21. The highest BCUT2D eigenvalue weighted by molar-refractivity contribution is 6.31. The molecule has 0 saturated carbocycles. The second kappa shape index (κ2) is 5.41. The lowest BCUT2D eigenvalue weighted by atomic mass is 10.1. The van der Waals surface area contributed by atoms with Gasteiger partial charge in [0.05, 0.1) is 16.6 Å². The molecule has 21 heavy (non-hydrogen) atoms. The van der Waals surface area contributed by atoms with Gasteiger partial charge in [-0.05, 0) is 43.7 Å². The summed E-state index contributed by atoms with van der Waals surface area (Å²) in [6, 6.07) is 11.3. The van der Waals surface area contributed by atoms with Gasteiger partial charge in [-0.25, -0.2) is 4.98 Å². The Morgan fingerprint density at radius 3 is 2.76 bits per heavy atom. The number of hydrogen-bond donors (Lipinski definition) is 1. The van der Waals surface area contributed by atoms with Gasteiger partial charge in [-0.3, -0.25) is 0 Å². The number of benzene rings is 2. The maximum atomic E-state index is 10.2. The van der Waals surface area contributed by atoms with Crippen LogP contribution in [-0.4, -0.2) is 14.7 Å². The van der Waals surface area contributed by atoms with Crippen molar-refractivity contribution in [3.63, 3.8) is 0 Å². The van der Waals surface area contributed by atoms with Crippen LogP contribution >= 0.6 is 11.6 Å². The number of fused-ring (bicyclic) bond motifs is 1. The van der Waals surface area contributed by atoms with E-state index in [1.54, 1.807) is 6.07 Å². The highest BCUT2D eigenvalue weighted by Crippen LogP contribution is 2.33. The van der Waals surface area contributed by atoms with Crippen LogP contribution in [0.4, 0.5) is 0 Å². The van der Waals surface area contributed by atoms with E-state index in [0.717, 1.165) is 41.0 Å². The fourth-order valence-corrected chi connectivity index (χ4v) is 2.75. The van der Waals surface area contributed by atoms with E-state index in [9.17, 15) is 5.11 Å². The summed E-state index contributed by atoms with van der Waals surface area (Å²) in [5.74, 6) is 1.04. The standard InChI is InChI=1S/C17H17ClN2O/c1-3-8-20-15-10-12(18)5-6-14(15)19-17(20)13-9-11(2)4-7-16(13)21/h4-7,9-10,21H,3,8H2,1-2H3. The summed E-state index contributed by atoms with van der Waals surface area (Å²) in [6.07, 6.45) is 0.984. The van der Waals surface area contributed by atoms with E-state index < -0.39 is 0 Å². The van der Waals surface area contributed by atoms with Gasteiger partial charge in [-0.2, -0.15) is 0 Å². The summed E-state index contributed by atoms with van der Waals surface area (Å²) in [4.78, 5) is 4.69. The van der Waals surface area contributed by atoms with Crippen LogP contribution in [0.25, 0.3) is 22.4 Å². The normalized spacial score (nSPS) is 11.2. The molecule has 3 aromatic rings. The number of imidazole rings is 1. The van der Waals surface area contributed by atoms with Crippen molar-refractivity contribution in [3.8, 4) is 17.1 Å². The molecule has 0 amide bonds. The topological polar surface area (TPSA) is 38.0 Å². The molecule has 0 fully saturated rings. The Balaban J connectivity index is 2.30. The summed E-state index contributed by atoms with van der Waals surface area (Å²) >= 11 is 6.11. The molecule has 0 aliphatic heterocycles. The number of nitrogens with zero attached hydrogens (tertiary/aromatic N) is 2. The minimum Gasteiger partial charge on any atom is -0.507 e. The Hall–Kier alpha value is -2.00. The first-order valence-electron chi connectivity index (χ1n) is 7.06. The summed E-state index contributed by atoms with van der Waals surface area (Å²) in [6.45, 7) is 4.96. The molecule has 1 aromatic heterocycles. The van der Waals surface area contributed by atoms with Crippen LogP contribution in [0.3, 0.4) is 0 Å². The number of phenolic OH excluding ortho intramolecular Hbond substituents is 1. The molecule has 0 aliphatic rings. The fourth-order valence-electron chi connectivity index (χ4n) is 2.58. The van der Waals surface area contributed by atoms with E-state index in [0.29, 0.717) is 5.02 Å². The van der Waals surface area contributed by atoms with Crippen molar-refractivity contribution in [2.24, 2.45) is 0 Å². The van der Waals surface area contributed by atoms with Crippen LogP contribution < -0.4 is 0 Å². The molecule has 4 heteroatoms. The fraction of sp³-hybridized carbons (Fsp3) is 0.235. The number of aromatic nitrogens is 2. The number of aromatic hydroxyl groups is 1. The number of phenols is 1. The van der Waals surface area contributed by atoms with Crippen molar-refractivity contribution in [1.82, 2.24) is 9.55 Å². The Bertz CT molecular complexity index is 808. The molecule has 0 bridgehead atoms. The molecule has 0 atom stereocenters. The average molecular weight is 301 g/mol. The van der Waals surface area contributed by atoms with Crippen molar-refractivity contribution in [3.05, 3.63) is 47.0 Å². The van der Waals surface area contributed by atoms with Gasteiger partial charge in [-0.1, -0.05) is 30.2 Å². The monoisotopic (exact) mass is 300 g/mol. The second-order valence-corrected chi connectivity index (χ2v) is 5.68. The Labute approximate surface area is 128 Å². The van der Waals surface area contributed by atoms with Crippen LogP contribution in [0.15, 0.2) is 36.4 Å². The first-order chi connectivity index (χ1) is 10.1. The lowest BCUT2D eigenvalue weighted by Gasteiger charge is -2.10. The zero-order valence-corrected chi connectivity index (χ0v) is 12.9. The largest absolute Gasteiger partial charge is 0.507 e. The molecule has 3 nitrogen and oxygen atoms in total. The van der Waals surface area contributed by atoms with Crippen molar-refractivity contribution in [2.75, 3.05) is 0 Å². The summed E-state index contributed by atoms with van der Waals surface area (Å²) in [5.41, 5.74) is 3.75. The Morgan fingerprint density at radius 2 is 2.00 bits per heavy atom. The van der Waals surface area contributed by atoms with Crippen LogP contribution in [-0.2, 0) is 6.54 Å². The lowest BCUT2D eigenvalue weighted by molar-refractivity contribution is 0.476. The summed E-state index contributed by atoms with van der Waals surface area (Å²) in [7, 11) is 0. The molecular weight excluding hydrogens is 284 g/mol. The number of rotatable bonds is 3. The summed E-state index contributed by atoms with van der Waals surface area (Å²) in [5, 5.41) is 10.9. The zero-order chi connectivity index (χ0) is 15.0. The lowest BCUT2D eigenvalue weighted by Crippen LogP contribution is -2.00. The highest BCUT2D eigenvalue weighted by atomic mass is 35.5. The third-order valence-corrected chi connectivity index (χ3v) is 3.79. The van der Waals surface area contributed by atoms with Crippen LogP contribution in [0.2, 0.25) is 5.02 Å². The van der Waals surface area contributed by atoms with Gasteiger partial charge in [0.15, 0.2) is 0 Å². The molecule has 2 aromatic carbocycles. The molecule has 0 saturated heterocycles. The van der Waals surface area contributed by atoms with Crippen LogP contribution in [0.5, 0.6) is 5.75 Å². The third kappa shape index (κ3) is 2.49. The van der Waals surface area contributed by atoms with E-state index >= 15 is 0 Å². The third-order valence-electron chi connectivity index (χ3n) is 3.55. The highest BCUT2D eigenvalue weighted by Gasteiger charge is 2.15.